The summed E-state index contributed by atoms with van der Waals surface area (Å²) in [5, 5.41) is 5.37. The van der Waals surface area contributed by atoms with E-state index in [4.69, 9.17) is 4.74 Å². The quantitative estimate of drug-likeness (QED) is 0.759. The summed E-state index contributed by atoms with van der Waals surface area (Å²) in [6.07, 6.45) is 0.848. The van der Waals surface area contributed by atoms with Crippen LogP contribution < -0.4 is 15.4 Å². The van der Waals surface area contributed by atoms with Gasteiger partial charge in [-0.25, -0.2) is 0 Å². The normalized spacial score (nSPS) is 11.9. The van der Waals surface area contributed by atoms with E-state index in [0.717, 1.165) is 23.3 Å². The van der Waals surface area contributed by atoms with Gasteiger partial charge in [0.15, 0.2) is 0 Å². The van der Waals surface area contributed by atoms with Gasteiger partial charge in [-0.3, -0.25) is 9.59 Å². The number of carbonyl (C=O) groups excluding carboxylic acids is 2. The molecule has 5 nitrogen and oxygen atoms in total. The Balaban J connectivity index is 2.67. The monoisotopic (exact) mass is 320 g/mol. The molecule has 0 aliphatic carbocycles. The van der Waals surface area contributed by atoms with E-state index in [1.165, 1.54) is 0 Å². The second kappa shape index (κ2) is 9.18. The Hall–Kier alpha value is -2.04. The Morgan fingerprint density at radius 3 is 2.48 bits per heavy atom. The van der Waals surface area contributed by atoms with Crippen LogP contribution in [0, 0.1) is 12.8 Å². The van der Waals surface area contributed by atoms with Crippen LogP contribution in [0.5, 0.6) is 5.75 Å². The van der Waals surface area contributed by atoms with Crippen molar-refractivity contribution in [3.05, 3.63) is 29.3 Å². The number of ether oxygens (including phenoxy) is 1. The first kappa shape index (κ1) is 19.0. The largest absolute Gasteiger partial charge is 0.494 e. The van der Waals surface area contributed by atoms with Crippen molar-refractivity contribution in [2.75, 3.05) is 13.2 Å². The zero-order chi connectivity index (χ0) is 17.4. The summed E-state index contributed by atoms with van der Waals surface area (Å²) in [4.78, 5) is 23.8. The van der Waals surface area contributed by atoms with Crippen LogP contribution in [0.4, 0.5) is 0 Å². The molecule has 0 saturated heterocycles. The number of hydrogen-bond donors (Lipinski definition) is 2. The topological polar surface area (TPSA) is 67.4 Å². The van der Waals surface area contributed by atoms with E-state index >= 15 is 0 Å². The van der Waals surface area contributed by atoms with Crippen molar-refractivity contribution >= 4 is 11.8 Å². The Morgan fingerprint density at radius 2 is 1.87 bits per heavy atom. The molecule has 2 N–H and O–H groups in total. The standard InChI is InChI=1S/C18H28N2O3/c1-6-23-16-8-7-13(4)11-15(16)14(5)20-18(22)17(21)19-10-9-12(2)3/h7-8,11-12,14H,6,9-10H2,1-5H3,(H,19,21)(H,20,22). The zero-order valence-corrected chi connectivity index (χ0v) is 14.7. The lowest BCUT2D eigenvalue weighted by atomic mass is 10.0. The van der Waals surface area contributed by atoms with E-state index in [-0.39, 0.29) is 6.04 Å². The first-order valence-electron chi connectivity index (χ1n) is 8.17. The van der Waals surface area contributed by atoms with Crippen molar-refractivity contribution in [2.45, 2.75) is 47.1 Å². The van der Waals surface area contributed by atoms with Gasteiger partial charge >= 0.3 is 11.8 Å². The lowest BCUT2D eigenvalue weighted by molar-refractivity contribution is -0.139. The van der Waals surface area contributed by atoms with Crippen LogP contribution in [-0.4, -0.2) is 25.0 Å². The maximum Gasteiger partial charge on any atom is 0.309 e. The third-order valence-corrected chi connectivity index (χ3v) is 3.49. The molecule has 1 aromatic carbocycles. The smallest absolute Gasteiger partial charge is 0.309 e. The molecule has 0 spiro atoms. The first-order chi connectivity index (χ1) is 10.8. The van der Waals surface area contributed by atoms with Crippen LogP contribution in [-0.2, 0) is 9.59 Å². The number of benzene rings is 1. The summed E-state index contributed by atoms with van der Waals surface area (Å²) in [5.74, 6) is -0.00207. The van der Waals surface area contributed by atoms with Gasteiger partial charge in [0.05, 0.1) is 12.6 Å². The number of hydrogen-bond acceptors (Lipinski definition) is 3. The molecule has 0 heterocycles. The first-order valence-corrected chi connectivity index (χ1v) is 8.17. The van der Waals surface area contributed by atoms with E-state index in [9.17, 15) is 9.59 Å². The fourth-order valence-corrected chi connectivity index (χ4v) is 2.19. The Labute approximate surface area is 138 Å². The van der Waals surface area contributed by atoms with Gasteiger partial charge in [0.1, 0.15) is 5.75 Å². The minimum absolute atomic E-state index is 0.306. The molecular formula is C18H28N2O3. The van der Waals surface area contributed by atoms with Crippen molar-refractivity contribution in [1.82, 2.24) is 10.6 Å². The van der Waals surface area contributed by atoms with Crippen LogP contribution in [0.3, 0.4) is 0 Å². The van der Waals surface area contributed by atoms with Crippen LogP contribution >= 0.6 is 0 Å². The fraction of sp³-hybridized carbons (Fsp3) is 0.556. The molecule has 1 aromatic rings. The molecule has 0 aromatic heterocycles. The molecule has 5 heteroatoms. The van der Waals surface area contributed by atoms with Gasteiger partial charge in [-0.05, 0) is 39.2 Å². The van der Waals surface area contributed by atoms with Crippen molar-refractivity contribution < 1.29 is 14.3 Å². The van der Waals surface area contributed by atoms with E-state index in [2.05, 4.69) is 24.5 Å². The van der Waals surface area contributed by atoms with Crippen molar-refractivity contribution in [3.8, 4) is 5.75 Å². The van der Waals surface area contributed by atoms with Gasteiger partial charge < -0.3 is 15.4 Å². The molecule has 128 valence electrons. The molecule has 1 rings (SSSR count). The molecular weight excluding hydrogens is 292 g/mol. The molecule has 0 fully saturated rings. The van der Waals surface area contributed by atoms with Crippen molar-refractivity contribution in [3.63, 3.8) is 0 Å². The summed E-state index contributed by atoms with van der Waals surface area (Å²) in [6.45, 7) is 10.9. The Morgan fingerprint density at radius 1 is 1.17 bits per heavy atom. The second-order valence-electron chi connectivity index (χ2n) is 6.11. The molecule has 0 saturated carbocycles. The van der Waals surface area contributed by atoms with E-state index in [1.54, 1.807) is 0 Å². The molecule has 0 aliphatic heterocycles. The molecule has 23 heavy (non-hydrogen) atoms. The molecule has 0 radical (unpaired) electrons. The number of rotatable bonds is 7. The van der Waals surface area contributed by atoms with E-state index in [1.807, 2.05) is 39.0 Å². The fourth-order valence-electron chi connectivity index (χ4n) is 2.19. The second-order valence-corrected chi connectivity index (χ2v) is 6.11. The van der Waals surface area contributed by atoms with Crippen molar-refractivity contribution in [2.24, 2.45) is 5.92 Å². The highest BCUT2D eigenvalue weighted by Gasteiger charge is 2.19. The number of aryl methyl sites for hydroxylation is 1. The molecule has 1 unspecified atom stereocenters. The summed E-state index contributed by atoms with van der Waals surface area (Å²) in [6, 6.07) is 5.51. The lowest BCUT2D eigenvalue weighted by Crippen LogP contribution is -2.41. The minimum Gasteiger partial charge on any atom is -0.494 e. The van der Waals surface area contributed by atoms with E-state index < -0.39 is 11.8 Å². The van der Waals surface area contributed by atoms with Crippen LogP contribution in [0.15, 0.2) is 18.2 Å². The highest BCUT2D eigenvalue weighted by molar-refractivity contribution is 6.35. The van der Waals surface area contributed by atoms with E-state index in [0.29, 0.717) is 19.1 Å². The maximum atomic E-state index is 12.0. The van der Waals surface area contributed by atoms with Gasteiger partial charge in [-0.1, -0.05) is 31.5 Å². The third-order valence-electron chi connectivity index (χ3n) is 3.49. The molecule has 0 bridgehead atoms. The predicted molar refractivity (Wildman–Crippen MR) is 91.4 cm³/mol. The lowest BCUT2D eigenvalue weighted by Gasteiger charge is -2.18. The third kappa shape index (κ3) is 6.30. The Bertz CT molecular complexity index is 541. The predicted octanol–water partition coefficient (Wildman–Crippen LogP) is 2.73. The highest BCUT2D eigenvalue weighted by atomic mass is 16.5. The van der Waals surface area contributed by atoms with Gasteiger partial charge in [0.2, 0.25) is 0 Å². The SMILES string of the molecule is CCOc1ccc(C)cc1C(C)NC(=O)C(=O)NCCC(C)C. The van der Waals surface area contributed by atoms with Crippen LogP contribution in [0.25, 0.3) is 0 Å². The van der Waals surface area contributed by atoms with Crippen LogP contribution in [0.2, 0.25) is 0 Å². The summed E-state index contributed by atoms with van der Waals surface area (Å²) in [7, 11) is 0. The average molecular weight is 320 g/mol. The van der Waals surface area contributed by atoms with Gasteiger partial charge in [-0.2, -0.15) is 0 Å². The molecule has 1 atom stereocenters. The number of amides is 2. The molecule has 2 amide bonds. The molecule has 0 aliphatic rings. The van der Waals surface area contributed by atoms with Gasteiger partial charge in [0, 0.05) is 12.1 Å². The Kier molecular flexibility index (Phi) is 7.59. The summed E-state index contributed by atoms with van der Waals surface area (Å²) < 4.78 is 5.59. The average Bonchev–Trinajstić information content (AvgIpc) is 2.48. The van der Waals surface area contributed by atoms with Crippen LogP contribution in [0.1, 0.15) is 51.3 Å². The minimum atomic E-state index is -0.620. The summed E-state index contributed by atoms with van der Waals surface area (Å²) in [5.41, 5.74) is 1.95. The summed E-state index contributed by atoms with van der Waals surface area (Å²) >= 11 is 0. The number of nitrogens with one attached hydrogen (secondary N) is 2. The highest BCUT2D eigenvalue weighted by Crippen LogP contribution is 2.26. The van der Waals surface area contributed by atoms with Gasteiger partial charge in [0.25, 0.3) is 0 Å². The van der Waals surface area contributed by atoms with Gasteiger partial charge in [-0.15, -0.1) is 0 Å². The number of carbonyl (C=O) groups is 2. The zero-order valence-electron chi connectivity index (χ0n) is 14.7. The van der Waals surface area contributed by atoms with Crippen molar-refractivity contribution in [1.29, 1.82) is 0 Å². The maximum absolute atomic E-state index is 12.0.